The molecule has 0 radical (unpaired) electrons. The monoisotopic (exact) mass is 530 g/mol. The van der Waals surface area contributed by atoms with E-state index in [4.69, 9.17) is 10.6 Å². The summed E-state index contributed by atoms with van der Waals surface area (Å²) in [5.41, 5.74) is 0.637. The molecule has 3 N–H and O–H groups in total. The Labute approximate surface area is 223 Å². The van der Waals surface area contributed by atoms with Crippen molar-refractivity contribution in [2.45, 2.75) is 83.9 Å². The Morgan fingerprint density at radius 1 is 1.32 bits per heavy atom. The molecule has 3 amide bonds. The molecule has 0 spiro atoms. The normalized spacial score (nSPS) is 18.6. The largest absolute Gasteiger partial charge is 0.444 e. The summed E-state index contributed by atoms with van der Waals surface area (Å²) in [6, 6.07) is 2.91. The number of nitriles is 1. The molecule has 11 heteroatoms. The van der Waals surface area contributed by atoms with Crippen LogP contribution in [-0.4, -0.2) is 61.2 Å². The van der Waals surface area contributed by atoms with E-state index in [1.165, 1.54) is 18.0 Å². The van der Waals surface area contributed by atoms with Gasteiger partial charge in [-0.3, -0.25) is 14.6 Å². The lowest BCUT2D eigenvalue weighted by Crippen LogP contribution is -2.43. The van der Waals surface area contributed by atoms with Crippen LogP contribution in [0.4, 0.5) is 20.6 Å². The zero-order valence-corrected chi connectivity index (χ0v) is 22.9. The lowest BCUT2D eigenvalue weighted by molar-refractivity contribution is -0.107. The van der Waals surface area contributed by atoms with E-state index in [0.717, 1.165) is 24.3 Å². The molecule has 3 rings (SSSR count). The molecule has 10 nitrogen and oxygen atoms in total. The summed E-state index contributed by atoms with van der Waals surface area (Å²) in [7, 11) is 1.38. The molecule has 1 saturated heterocycles. The number of rotatable bonds is 8. The number of halogens is 1. The Kier molecular flexibility index (Phi) is 9.20. The summed E-state index contributed by atoms with van der Waals surface area (Å²) in [6.45, 7) is 8.09. The molecule has 1 aromatic rings. The summed E-state index contributed by atoms with van der Waals surface area (Å²) >= 11 is 0. The van der Waals surface area contributed by atoms with Crippen molar-refractivity contribution in [2.24, 2.45) is 11.8 Å². The molecule has 0 bridgehead atoms. The van der Waals surface area contributed by atoms with Crippen molar-refractivity contribution in [1.82, 2.24) is 10.3 Å². The molecule has 2 unspecified atom stereocenters. The van der Waals surface area contributed by atoms with E-state index < -0.39 is 29.5 Å². The van der Waals surface area contributed by atoms with Crippen LogP contribution in [-0.2, 0) is 9.53 Å². The first kappa shape index (κ1) is 29.2. The molecule has 38 heavy (non-hydrogen) atoms. The highest BCUT2D eigenvalue weighted by Crippen LogP contribution is 2.41. The van der Waals surface area contributed by atoms with Gasteiger partial charge in [-0.15, -0.1) is 0 Å². The number of anilines is 2. The van der Waals surface area contributed by atoms with Crippen LogP contribution >= 0.6 is 0 Å². The van der Waals surface area contributed by atoms with E-state index in [9.17, 15) is 19.6 Å². The molecule has 1 aliphatic carbocycles. The van der Waals surface area contributed by atoms with Gasteiger partial charge in [0.15, 0.2) is 0 Å². The van der Waals surface area contributed by atoms with Crippen molar-refractivity contribution < 1.29 is 23.5 Å². The number of nitrogens with zero attached hydrogens (tertiary/aromatic N) is 4. The number of alkyl carbamates (subject to hydrolysis) is 1. The van der Waals surface area contributed by atoms with Gasteiger partial charge < -0.3 is 19.9 Å². The molecular formula is C27H39FN6O4. The first-order valence-electron chi connectivity index (χ1n) is 13.1. The molecule has 1 saturated carbocycles. The maximum Gasteiger partial charge on any atom is 0.407 e. The summed E-state index contributed by atoms with van der Waals surface area (Å²) in [6.07, 6.45) is 3.96. The lowest BCUT2D eigenvalue weighted by atomic mass is 9.90. The van der Waals surface area contributed by atoms with Crippen LogP contribution in [0.25, 0.3) is 0 Å². The number of hydrogen-bond acceptors (Lipinski definition) is 7. The highest BCUT2D eigenvalue weighted by molar-refractivity contribution is 6.03. The van der Waals surface area contributed by atoms with Gasteiger partial charge in [0.2, 0.25) is 6.41 Å². The van der Waals surface area contributed by atoms with Crippen molar-refractivity contribution in [3.63, 3.8) is 0 Å². The van der Waals surface area contributed by atoms with Gasteiger partial charge in [0.25, 0.3) is 5.91 Å². The van der Waals surface area contributed by atoms with E-state index in [2.05, 4.69) is 11.4 Å². The molecule has 2 aliphatic rings. The maximum atomic E-state index is 15.6. The SMILES string of the molecule is Cc1c(N2CCCC(C(CC#N)NC(=O)OC(C)(C)C)CC2)c(F)cc(C(=O)N(C)N)c1N(C=O)C1CC1. The fraction of sp³-hybridized carbons (Fsp3) is 0.630. The number of amides is 3. The summed E-state index contributed by atoms with van der Waals surface area (Å²) in [5, 5.41) is 13.1. The van der Waals surface area contributed by atoms with Crippen LogP contribution in [0.1, 0.15) is 75.2 Å². The number of benzene rings is 1. The van der Waals surface area contributed by atoms with Gasteiger partial charge in [0.1, 0.15) is 11.4 Å². The van der Waals surface area contributed by atoms with Crippen molar-refractivity contribution >= 4 is 29.8 Å². The van der Waals surface area contributed by atoms with E-state index >= 15 is 4.39 Å². The predicted octanol–water partition coefficient (Wildman–Crippen LogP) is 3.62. The van der Waals surface area contributed by atoms with Crippen molar-refractivity contribution in [1.29, 1.82) is 5.26 Å². The molecule has 2 atom stereocenters. The van der Waals surface area contributed by atoms with Gasteiger partial charge in [-0.1, -0.05) is 0 Å². The van der Waals surface area contributed by atoms with Crippen LogP contribution in [0.15, 0.2) is 6.07 Å². The quantitative estimate of drug-likeness (QED) is 0.227. The molecule has 1 aromatic carbocycles. The second-order valence-electron chi connectivity index (χ2n) is 11.2. The van der Waals surface area contributed by atoms with Crippen molar-refractivity contribution in [2.75, 3.05) is 29.9 Å². The fourth-order valence-electron chi connectivity index (χ4n) is 5.15. The average Bonchev–Trinajstić information content (AvgIpc) is 3.66. The van der Waals surface area contributed by atoms with E-state index in [0.29, 0.717) is 49.3 Å². The van der Waals surface area contributed by atoms with Crippen molar-refractivity contribution in [3.05, 3.63) is 23.0 Å². The third kappa shape index (κ3) is 6.92. The topological polar surface area (TPSA) is 132 Å². The number of hydrogen-bond donors (Lipinski definition) is 2. The van der Waals surface area contributed by atoms with Crippen LogP contribution < -0.4 is 21.0 Å². The van der Waals surface area contributed by atoms with Gasteiger partial charge in [-0.2, -0.15) is 5.26 Å². The number of carbonyl (C=O) groups excluding carboxylic acids is 3. The minimum absolute atomic E-state index is 0.000292. The fourth-order valence-corrected chi connectivity index (χ4v) is 5.15. The minimum atomic E-state index is -0.656. The Balaban J connectivity index is 1.89. The zero-order chi connectivity index (χ0) is 28.2. The van der Waals surface area contributed by atoms with Crippen LogP contribution in [0.2, 0.25) is 0 Å². The molecule has 1 heterocycles. The first-order valence-corrected chi connectivity index (χ1v) is 13.1. The van der Waals surface area contributed by atoms with Gasteiger partial charge in [0, 0.05) is 32.2 Å². The Bertz CT molecular complexity index is 1090. The van der Waals surface area contributed by atoms with Gasteiger partial charge in [-0.05, 0) is 77.3 Å². The smallest absolute Gasteiger partial charge is 0.407 e. The number of nitrogens with two attached hydrogens (primary N) is 1. The Morgan fingerprint density at radius 3 is 2.55 bits per heavy atom. The third-order valence-electron chi connectivity index (χ3n) is 7.00. The van der Waals surface area contributed by atoms with Gasteiger partial charge in [-0.25, -0.2) is 15.0 Å². The number of nitrogens with one attached hydrogen (secondary N) is 1. The van der Waals surface area contributed by atoms with Gasteiger partial charge in [0.05, 0.1) is 29.4 Å². The van der Waals surface area contributed by atoms with Crippen LogP contribution in [0, 0.1) is 30.0 Å². The number of ether oxygens (including phenoxy) is 1. The predicted molar refractivity (Wildman–Crippen MR) is 142 cm³/mol. The summed E-state index contributed by atoms with van der Waals surface area (Å²) < 4.78 is 21.0. The van der Waals surface area contributed by atoms with E-state index in [1.807, 2.05) is 4.90 Å². The maximum absolute atomic E-state index is 15.6. The van der Waals surface area contributed by atoms with Crippen molar-refractivity contribution in [3.8, 4) is 6.07 Å². The zero-order valence-electron chi connectivity index (χ0n) is 22.9. The van der Waals surface area contributed by atoms with Gasteiger partial charge >= 0.3 is 6.09 Å². The molecule has 2 fully saturated rings. The summed E-state index contributed by atoms with van der Waals surface area (Å²) in [5.74, 6) is 4.55. The minimum Gasteiger partial charge on any atom is -0.444 e. The highest BCUT2D eigenvalue weighted by Gasteiger charge is 2.36. The summed E-state index contributed by atoms with van der Waals surface area (Å²) in [4.78, 5) is 40.7. The molecule has 1 aliphatic heterocycles. The second kappa shape index (κ2) is 12.0. The lowest BCUT2D eigenvalue weighted by Gasteiger charge is -2.31. The van der Waals surface area contributed by atoms with E-state index in [1.54, 1.807) is 27.7 Å². The first-order chi connectivity index (χ1) is 17.9. The molecular weight excluding hydrogens is 491 g/mol. The average molecular weight is 531 g/mol. The molecule has 208 valence electrons. The third-order valence-corrected chi connectivity index (χ3v) is 7.00. The highest BCUT2D eigenvalue weighted by atomic mass is 19.1. The standard InChI is InChI=1S/C27H39FN6O4/c1-17-23(34(16-35)19-8-9-19)20(25(36)32(5)30)15-21(28)24(17)33-13-6-7-18(11-14-33)22(10-12-29)31-26(37)38-27(2,3)4/h15-16,18-19,22H,6-11,13-14,30H2,1-5H3,(H,31,37). The number of hydrazine groups is 1. The van der Waals surface area contributed by atoms with E-state index in [-0.39, 0.29) is 23.9 Å². The number of carbonyl (C=O) groups is 3. The van der Waals surface area contributed by atoms with Crippen LogP contribution in [0.5, 0.6) is 0 Å². The Morgan fingerprint density at radius 2 is 2.00 bits per heavy atom. The second-order valence-corrected chi connectivity index (χ2v) is 11.2. The Hall–Kier alpha value is -3.39. The molecule has 0 aromatic heterocycles. The van der Waals surface area contributed by atoms with Crippen LogP contribution in [0.3, 0.4) is 0 Å².